The third kappa shape index (κ3) is 2.06. The molecule has 1 rings (SSSR count). The van der Waals surface area contributed by atoms with E-state index in [1.165, 1.54) is 0 Å². The maximum absolute atomic E-state index is 13.0. The van der Waals surface area contributed by atoms with Crippen LogP contribution in [0, 0.1) is 0 Å². The van der Waals surface area contributed by atoms with Gasteiger partial charge in [-0.15, -0.1) is 11.6 Å². The average molecular weight is 175 g/mol. The Balaban J connectivity index is 2.66. The predicted molar refractivity (Wildman–Crippen MR) is 46.7 cm³/mol. The number of rotatable bonds is 1. The van der Waals surface area contributed by atoms with E-state index in [-0.39, 0.29) is 0 Å². The molecule has 1 aliphatic carbocycles. The minimum Gasteiger partial charge on any atom is -0.242 e. The van der Waals surface area contributed by atoms with Crippen LogP contribution < -0.4 is 0 Å². The molecule has 1 saturated carbocycles. The van der Waals surface area contributed by atoms with E-state index in [1.807, 2.05) is 6.08 Å². The van der Waals surface area contributed by atoms with Crippen LogP contribution in [0.15, 0.2) is 23.8 Å². The smallest absolute Gasteiger partial charge is 0.125 e. The van der Waals surface area contributed by atoms with E-state index in [2.05, 4.69) is 6.58 Å². The van der Waals surface area contributed by atoms with Crippen molar-refractivity contribution in [2.75, 3.05) is 5.88 Å². The highest BCUT2D eigenvalue weighted by Gasteiger charge is 2.19. The van der Waals surface area contributed by atoms with Crippen LogP contribution in [0.1, 0.15) is 19.3 Å². The van der Waals surface area contributed by atoms with Gasteiger partial charge in [0, 0.05) is 5.88 Å². The molecule has 0 aromatic carbocycles. The summed E-state index contributed by atoms with van der Waals surface area (Å²) in [6, 6.07) is 0. The van der Waals surface area contributed by atoms with Gasteiger partial charge in [0.1, 0.15) is 6.17 Å². The second kappa shape index (κ2) is 3.91. The quantitative estimate of drug-likeness (QED) is 0.536. The number of alkyl halides is 2. The molecule has 0 bridgehead atoms. The summed E-state index contributed by atoms with van der Waals surface area (Å²) in [5, 5.41) is 0. The summed E-state index contributed by atoms with van der Waals surface area (Å²) >= 11 is 5.51. The SMILES string of the molecule is C=C1C(=CCCl)CCCC1F. The van der Waals surface area contributed by atoms with Gasteiger partial charge in [0.05, 0.1) is 0 Å². The minimum atomic E-state index is -0.835. The fraction of sp³-hybridized carbons (Fsp3) is 0.556. The molecule has 0 aliphatic heterocycles. The van der Waals surface area contributed by atoms with Crippen LogP contribution in [0.3, 0.4) is 0 Å². The van der Waals surface area contributed by atoms with Crippen molar-refractivity contribution in [2.24, 2.45) is 0 Å². The van der Waals surface area contributed by atoms with Gasteiger partial charge in [0.2, 0.25) is 0 Å². The lowest BCUT2D eigenvalue weighted by atomic mass is 9.89. The van der Waals surface area contributed by atoms with Crippen LogP contribution in [0.5, 0.6) is 0 Å². The lowest BCUT2D eigenvalue weighted by molar-refractivity contribution is 0.340. The molecule has 1 unspecified atom stereocenters. The average Bonchev–Trinajstić information content (AvgIpc) is 1.99. The largest absolute Gasteiger partial charge is 0.242 e. The molecule has 0 nitrogen and oxygen atoms in total. The van der Waals surface area contributed by atoms with E-state index < -0.39 is 6.17 Å². The number of allylic oxidation sites excluding steroid dienone is 3. The topological polar surface area (TPSA) is 0 Å². The molecule has 62 valence electrons. The summed E-state index contributed by atoms with van der Waals surface area (Å²) in [5.41, 5.74) is 1.65. The van der Waals surface area contributed by atoms with Crippen LogP contribution in [0.2, 0.25) is 0 Å². The van der Waals surface area contributed by atoms with Crippen molar-refractivity contribution < 1.29 is 4.39 Å². The van der Waals surface area contributed by atoms with E-state index >= 15 is 0 Å². The van der Waals surface area contributed by atoms with Gasteiger partial charge in [-0.25, -0.2) is 4.39 Å². The first kappa shape index (κ1) is 8.79. The van der Waals surface area contributed by atoms with Gasteiger partial charge in [0.15, 0.2) is 0 Å². The van der Waals surface area contributed by atoms with Gasteiger partial charge in [0.25, 0.3) is 0 Å². The highest BCUT2D eigenvalue weighted by atomic mass is 35.5. The van der Waals surface area contributed by atoms with Crippen LogP contribution in [-0.2, 0) is 0 Å². The van der Waals surface area contributed by atoms with E-state index in [9.17, 15) is 4.39 Å². The summed E-state index contributed by atoms with van der Waals surface area (Å²) in [6.45, 7) is 3.69. The molecule has 2 heteroatoms. The zero-order valence-electron chi connectivity index (χ0n) is 6.45. The highest BCUT2D eigenvalue weighted by molar-refractivity contribution is 6.19. The summed E-state index contributed by atoms with van der Waals surface area (Å²) in [4.78, 5) is 0. The molecule has 0 spiro atoms. The van der Waals surface area contributed by atoms with Crippen molar-refractivity contribution in [1.29, 1.82) is 0 Å². The zero-order valence-corrected chi connectivity index (χ0v) is 7.20. The summed E-state index contributed by atoms with van der Waals surface area (Å²) in [7, 11) is 0. The standard InChI is InChI=1S/C9H12ClF/c1-7-8(5-6-10)3-2-4-9(7)11/h5,9H,1-4,6H2. The number of halogens is 2. The first-order chi connectivity index (χ1) is 5.25. The molecule has 0 aromatic heterocycles. The Labute approximate surface area is 71.7 Å². The maximum Gasteiger partial charge on any atom is 0.125 e. The summed E-state index contributed by atoms with van der Waals surface area (Å²) < 4.78 is 13.0. The highest BCUT2D eigenvalue weighted by Crippen LogP contribution is 2.29. The van der Waals surface area contributed by atoms with Gasteiger partial charge in [-0.1, -0.05) is 12.7 Å². The molecule has 1 aliphatic rings. The van der Waals surface area contributed by atoms with Gasteiger partial charge >= 0.3 is 0 Å². The molecule has 0 amide bonds. The molecule has 11 heavy (non-hydrogen) atoms. The first-order valence-corrected chi connectivity index (χ1v) is 4.37. The summed E-state index contributed by atoms with van der Waals surface area (Å²) in [5.74, 6) is 0.459. The minimum absolute atomic E-state index is 0.459. The fourth-order valence-electron chi connectivity index (χ4n) is 1.33. The lowest BCUT2D eigenvalue weighted by Crippen LogP contribution is -2.11. The van der Waals surface area contributed by atoms with Crippen molar-refractivity contribution in [3.05, 3.63) is 23.8 Å². The summed E-state index contributed by atoms with van der Waals surface area (Å²) in [6.07, 6.45) is 3.50. The third-order valence-electron chi connectivity index (χ3n) is 2.02. The van der Waals surface area contributed by atoms with Crippen molar-refractivity contribution in [3.8, 4) is 0 Å². The van der Waals surface area contributed by atoms with Crippen LogP contribution in [0.4, 0.5) is 4.39 Å². The first-order valence-electron chi connectivity index (χ1n) is 3.84. The van der Waals surface area contributed by atoms with Gasteiger partial charge < -0.3 is 0 Å². The van der Waals surface area contributed by atoms with Crippen molar-refractivity contribution >= 4 is 11.6 Å². The number of hydrogen-bond donors (Lipinski definition) is 0. The van der Waals surface area contributed by atoms with Crippen LogP contribution in [-0.4, -0.2) is 12.1 Å². The molecule has 0 saturated heterocycles. The maximum atomic E-state index is 13.0. The molecule has 1 fully saturated rings. The van der Waals surface area contributed by atoms with E-state index in [0.717, 1.165) is 18.4 Å². The second-order valence-corrected chi connectivity index (χ2v) is 3.08. The van der Waals surface area contributed by atoms with Crippen molar-refractivity contribution in [2.45, 2.75) is 25.4 Å². The Hall–Kier alpha value is -0.300. The second-order valence-electron chi connectivity index (χ2n) is 2.77. The Kier molecular flexibility index (Phi) is 3.13. The van der Waals surface area contributed by atoms with Gasteiger partial charge in [-0.3, -0.25) is 0 Å². The van der Waals surface area contributed by atoms with E-state index in [0.29, 0.717) is 17.9 Å². The molecule has 0 heterocycles. The Morgan fingerprint density at radius 2 is 2.45 bits per heavy atom. The Morgan fingerprint density at radius 1 is 1.73 bits per heavy atom. The Bertz CT molecular complexity index is 184. The molecule has 1 atom stereocenters. The predicted octanol–water partition coefficient (Wildman–Crippen LogP) is 3.23. The van der Waals surface area contributed by atoms with E-state index in [4.69, 9.17) is 11.6 Å². The number of hydrogen-bond acceptors (Lipinski definition) is 0. The van der Waals surface area contributed by atoms with Crippen LogP contribution in [0.25, 0.3) is 0 Å². The third-order valence-corrected chi connectivity index (χ3v) is 2.17. The normalized spacial score (nSPS) is 29.5. The van der Waals surface area contributed by atoms with Crippen molar-refractivity contribution in [1.82, 2.24) is 0 Å². The fourth-order valence-corrected chi connectivity index (χ4v) is 1.52. The van der Waals surface area contributed by atoms with E-state index in [1.54, 1.807) is 0 Å². The molecule has 0 radical (unpaired) electrons. The van der Waals surface area contributed by atoms with Gasteiger partial charge in [-0.05, 0) is 30.4 Å². The van der Waals surface area contributed by atoms with Crippen LogP contribution >= 0.6 is 11.6 Å². The molecular weight excluding hydrogens is 163 g/mol. The monoisotopic (exact) mass is 174 g/mol. The van der Waals surface area contributed by atoms with Crippen molar-refractivity contribution in [3.63, 3.8) is 0 Å². The molecule has 0 aromatic rings. The lowest BCUT2D eigenvalue weighted by Gasteiger charge is -2.20. The molecular formula is C9H12ClF. The molecule has 0 N–H and O–H groups in total. The van der Waals surface area contributed by atoms with Gasteiger partial charge in [-0.2, -0.15) is 0 Å². The zero-order chi connectivity index (χ0) is 8.27. The Morgan fingerprint density at radius 3 is 3.09 bits per heavy atom.